The van der Waals surface area contributed by atoms with Gasteiger partial charge in [-0.25, -0.2) is 9.18 Å². The van der Waals surface area contributed by atoms with E-state index < -0.39 is 0 Å². The van der Waals surface area contributed by atoms with Crippen LogP contribution in [-0.4, -0.2) is 35.2 Å². The maximum Gasteiger partial charge on any atom is 0.322 e. The number of likely N-dealkylation sites (tertiary alicyclic amines) is 1. The number of halogens is 1. The molecule has 1 aliphatic rings. The zero-order chi connectivity index (χ0) is 13.7. The lowest BCUT2D eigenvalue weighted by molar-refractivity contribution is 0.141. The van der Waals surface area contributed by atoms with E-state index in [2.05, 4.69) is 5.32 Å². The van der Waals surface area contributed by atoms with E-state index in [-0.39, 0.29) is 24.5 Å². The van der Waals surface area contributed by atoms with Gasteiger partial charge >= 0.3 is 6.03 Å². The highest BCUT2D eigenvalue weighted by atomic mass is 19.1. The van der Waals surface area contributed by atoms with E-state index in [0.29, 0.717) is 18.7 Å². The molecule has 0 spiro atoms. The predicted molar refractivity (Wildman–Crippen MR) is 71.5 cm³/mol. The number of aliphatic hydroxyl groups excluding tert-OH is 1. The number of aliphatic hydroxyl groups is 1. The van der Waals surface area contributed by atoms with E-state index in [1.807, 2.05) is 0 Å². The molecular formula is C14H19FN2O2. The zero-order valence-electron chi connectivity index (χ0n) is 10.8. The highest BCUT2D eigenvalue weighted by Gasteiger charge is 2.26. The van der Waals surface area contributed by atoms with E-state index in [4.69, 9.17) is 5.11 Å². The van der Waals surface area contributed by atoms with Crippen molar-refractivity contribution in [1.82, 2.24) is 4.90 Å². The number of amides is 2. The molecule has 19 heavy (non-hydrogen) atoms. The molecule has 2 rings (SSSR count). The Morgan fingerprint density at radius 3 is 2.79 bits per heavy atom. The third kappa shape index (κ3) is 3.67. The van der Waals surface area contributed by atoms with Crippen molar-refractivity contribution in [3.8, 4) is 0 Å². The number of piperidine rings is 1. The van der Waals surface area contributed by atoms with Gasteiger partial charge in [-0.3, -0.25) is 0 Å². The average Bonchev–Trinajstić information content (AvgIpc) is 2.42. The van der Waals surface area contributed by atoms with Crippen LogP contribution in [0.1, 0.15) is 25.7 Å². The van der Waals surface area contributed by atoms with Gasteiger partial charge < -0.3 is 15.3 Å². The lowest BCUT2D eigenvalue weighted by Crippen LogP contribution is -2.46. The second-order valence-corrected chi connectivity index (χ2v) is 4.79. The molecule has 4 nitrogen and oxygen atoms in total. The van der Waals surface area contributed by atoms with Crippen LogP contribution in [-0.2, 0) is 0 Å². The molecule has 1 aromatic carbocycles. The summed E-state index contributed by atoms with van der Waals surface area (Å²) in [5, 5.41) is 11.8. The first kappa shape index (κ1) is 13.8. The van der Waals surface area contributed by atoms with Gasteiger partial charge in [0.1, 0.15) is 5.82 Å². The summed E-state index contributed by atoms with van der Waals surface area (Å²) in [6, 6.07) is 5.63. The van der Waals surface area contributed by atoms with E-state index in [1.165, 1.54) is 24.3 Å². The van der Waals surface area contributed by atoms with Crippen LogP contribution in [0, 0.1) is 5.82 Å². The molecule has 0 aliphatic carbocycles. The van der Waals surface area contributed by atoms with Crippen LogP contribution in [0.2, 0.25) is 0 Å². The molecule has 0 bridgehead atoms. The van der Waals surface area contributed by atoms with Crippen LogP contribution in [0.15, 0.2) is 24.3 Å². The summed E-state index contributed by atoms with van der Waals surface area (Å²) < 4.78 is 12.8. The number of urea groups is 1. The number of nitrogens with zero attached hydrogens (tertiary/aromatic N) is 1. The van der Waals surface area contributed by atoms with Crippen molar-refractivity contribution in [2.24, 2.45) is 0 Å². The quantitative estimate of drug-likeness (QED) is 0.883. The van der Waals surface area contributed by atoms with Crippen LogP contribution in [0.25, 0.3) is 0 Å². The van der Waals surface area contributed by atoms with E-state index >= 15 is 0 Å². The summed E-state index contributed by atoms with van der Waals surface area (Å²) in [6.07, 6.45) is 3.61. The van der Waals surface area contributed by atoms with E-state index in [1.54, 1.807) is 4.90 Å². The highest BCUT2D eigenvalue weighted by Crippen LogP contribution is 2.20. The molecule has 1 saturated heterocycles. The highest BCUT2D eigenvalue weighted by molar-refractivity contribution is 5.89. The number of hydrogen-bond acceptors (Lipinski definition) is 2. The molecule has 0 saturated carbocycles. The summed E-state index contributed by atoms with van der Waals surface area (Å²) in [6.45, 7) is 0.794. The van der Waals surface area contributed by atoms with Crippen molar-refractivity contribution < 1.29 is 14.3 Å². The molecule has 0 aromatic heterocycles. The molecule has 1 heterocycles. The van der Waals surface area contributed by atoms with Crippen molar-refractivity contribution in [1.29, 1.82) is 0 Å². The average molecular weight is 266 g/mol. The van der Waals surface area contributed by atoms with Crippen molar-refractivity contribution in [2.45, 2.75) is 31.7 Å². The first-order chi connectivity index (χ1) is 9.20. The number of benzene rings is 1. The Balaban J connectivity index is 1.99. The summed E-state index contributed by atoms with van der Waals surface area (Å²) in [7, 11) is 0. The Morgan fingerprint density at radius 1 is 1.37 bits per heavy atom. The molecule has 2 amide bonds. The molecule has 1 fully saturated rings. The second kappa shape index (κ2) is 6.52. The fraction of sp³-hybridized carbons (Fsp3) is 0.500. The topological polar surface area (TPSA) is 52.6 Å². The van der Waals surface area contributed by atoms with Gasteiger partial charge in [-0.05, 0) is 49.9 Å². The SMILES string of the molecule is O=C(Nc1ccc(F)cc1)N1CCCCC1CCO. The van der Waals surface area contributed by atoms with Gasteiger partial charge in [-0.15, -0.1) is 0 Å². The Kier molecular flexibility index (Phi) is 4.74. The maximum absolute atomic E-state index is 12.8. The lowest BCUT2D eigenvalue weighted by atomic mass is 10.0. The van der Waals surface area contributed by atoms with Gasteiger partial charge in [0.2, 0.25) is 0 Å². The van der Waals surface area contributed by atoms with Crippen molar-refractivity contribution in [2.75, 3.05) is 18.5 Å². The van der Waals surface area contributed by atoms with Gasteiger partial charge in [0.15, 0.2) is 0 Å². The summed E-state index contributed by atoms with van der Waals surface area (Å²) in [5.41, 5.74) is 0.583. The minimum atomic E-state index is -0.325. The van der Waals surface area contributed by atoms with Gasteiger partial charge in [0.05, 0.1) is 0 Å². The predicted octanol–water partition coefficient (Wildman–Crippen LogP) is 2.59. The number of carbonyl (C=O) groups excluding carboxylic acids is 1. The van der Waals surface area contributed by atoms with E-state index in [9.17, 15) is 9.18 Å². The van der Waals surface area contributed by atoms with Gasteiger partial charge in [-0.1, -0.05) is 0 Å². The Morgan fingerprint density at radius 2 is 2.11 bits per heavy atom. The third-order valence-electron chi connectivity index (χ3n) is 3.45. The first-order valence-electron chi connectivity index (χ1n) is 6.65. The Hall–Kier alpha value is -1.62. The van der Waals surface area contributed by atoms with Crippen LogP contribution in [0.5, 0.6) is 0 Å². The van der Waals surface area contributed by atoms with Gasteiger partial charge in [-0.2, -0.15) is 0 Å². The summed E-state index contributed by atoms with van der Waals surface area (Å²) in [5.74, 6) is -0.325. The molecule has 104 valence electrons. The summed E-state index contributed by atoms with van der Waals surface area (Å²) >= 11 is 0. The zero-order valence-corrected chi connectivity index (χ0v) is 10.8. The Labute approximate surface area is 112 Å². The number of rotatable bonds is 3. The number of nitrogens with one attached hydrogen (secondary N) is 1. The molecule has 1 aromatic rings. The molecule has 2 N–H and O–H groups in total. The number of anilines is 1. The van der Waals surface area contributed by atoms with Crippen molar-refractivity contribution >= 4 is 11.7 Å². The molecule has 5 heteroatoms. The second-order valence-electron chi connectivity index (χ2n) is 4.79. The van der Waals surface area contributed by atoms with Crippen LogP contribution < -0.4 is 5.32 Å². The third-order valence-corrected chi connectivity index (χ3v) is 3.45. The monoisotopic (exact) mass is 266 g/mol. The standard InChI is InChI=1S/C14H19FN2O2/c15-11-4-6-12(7-5-11)16-14(19)17-9-2-1-3-13(17)8-10-18/h4-7,13,18H,1-3,8-10H2,(H,16,19). The smallest absolute Gasteiger partial charge is 0.322 e. The molecular weight excluding hydrogens is 247 g/mol. The molecule has 1 unspecified atom stereocenters. The van der Waals surface area contributed by atoms with Crippen molar-refractivity contribution in [3.05, 3.63) is 30.1 Å². The lowest BCUT2D eigenvalue weighted by Gasteiger charge is -2.35. The van der Waals surface area contributed by atoms with Crippen LogP contribution in [0.3, 0.4) is 0 Å². The fourth-order valence-electron chi connectivity index (χ4n) is 2.45. The summed E-state index contributed by atoms with van der Waals surface area (Å²) in [4.78, 5) is 13.9. The van der Waals surface area contributed by atoms with E-state index in [0.717, 1.165) is 19.3 Å². The normalized spacial score (nSPS) is 19.3. The number of hydrogen-bond donors (Lipinski definition) is 2. The molecule has 1 atom stereocenters. The fourth-order valence-corrected chi connectivity index (χ4v) is 2.45. The van der Waals surface area contributed by atoms with Crippen LogP contribution >= 0.6 is 0 Å². The minimum Gasteiger partial charge on any atom is -0.396 e. The molecule has 1 aliphatic heterocycles. The first-order valence-corrected chi connectivity index (χ1v) is 6.65. The van der Waals surface area contributed by atoms with Gasteiger partial charge in [0, 0.05) is 24.9 Å². The van der Waals surface area contributed by atoms with Crippen LogP contribution in [0.4, 0.5) is 14.9 Å². The Bertz CT molecular complexity index is 420. The number of carbonyl (C=O) groups is 1. The van der Waals surface area contributed by atoms with Crippen molar-refractivity contribution in [3.63, 3.8) is 0 Å². The largest absolute Gasteiger partial charge is 0.396 e. The molecule has 0 radical (unpaired) electrons. The minimum absolute atomic E-state index is 0.0883. The maximum atomic E-state index is 12.8. The van der Waals surface area contributed by atoms with Gasteiger partial charge in [0.25, 0.3) is 0 Å².